The van der Waals surface area contributed by atoms with Gasteiger partial charge in [-0.05, 0) is 24.8 Å². The first kappa shape index (κ1) is 18.0. The smallest absolute Gasteiger partial charge is 0.262 e. The summed E-state index contributed by atoms with van der Waals surface area (Å²) in [5.74, 6) is 0.177. The molecule has 8 nitrogen and oxygen atoms in total. The highest BCUT2D eigenvalue weighted by Crippen LogP contribution is 2.37. The standard InChI is InChI=1S/C16H23N3O5S/c1-16(4-3-5-17-9-16)10-18-25(21,22)14-7-12-11(6-13(14)23-2)19-15(20)8-24-12/h6-7,17-18H,3-5,8-10H2,1-2H3,(H,19,20). The van der Waals surface area contributed by atoms with Gasteiger partial charge in [-0.1, -0.05) is 6.92 Å². The highest BCUT2D eigenvalue weighted by atomic mass is 32.2. The van der Waals surface area contributed by atoms with Crippen LogP contribution in [0.25, 0.3) is 0 Å². The van der Waals surface area contributed by atoms with Crippen LogP contribution in [0, 0.1) is 5.41 Å². The lowest BCUT2D eigenvalue weighted by molar-refractivity contribution is -0.118. The second-order valence-electron chi connectivity index (χ2n) is 6.75. The third-order valence-corrected chi connectivity index (χ3v) is 5.99. The number of benzene rings is 1. The van der Waals surface area contributed by atoms with Gasteiger partial charge in [0.05, 0.1) is 12.8 Å². The molecule has 0 spiro atoms. The lowest BCUT2D eigenvalue weighted by Crippen LogP contribution is -2.45. The van der Waals surface area contributed by atoms with Crippen molar-refractivity contribution in [2.75, 3.05) is 38.7 Å². The van der Waals surface area contributed by atoms with E-state index in [0.717, 1.165) is 25.9 Å². The molecule has 9 heteroatoms. The minimum atomic E-state index is -3.78. The van der Waals surface area contributed by atoms with E-state index in [4.69, 9.17) is 9.47 Å². The van der Waals surface area contributed by atoms with Crippen LogP contribution in [-0.2, 0) is 14.8 Å². The van der Waals surface area contributed by atoms with Crippen LogP contribution in [-0.4, -0.2) is 47.7 Å². The SMILES string of the molecule is COc1cc2c(cc1S(=O)(=O)NCC1(C)CCCNC1)OCC(=O)N2. The molecule has 0 radical (unpaired) electrons. The Morgan fingerprint density at radius 1 is 1.40 bits per heavy atom. The number of ether oxygens (including phenoxy) is 2. The van der Waals surface area contributed by atoms with Crippen LogP contribution in [0.2, 0.25) is 0 Å². The molecule has 1 fully saturated rings. The maximum Gasteiger partial charge on any atom is 0.262 e. The number of piperidine rings is 1. The molecule has 2 heterocycles. The van der Waals surface area contributed by atoms with Gasteiger partial charge in [0.25, 0.3) is 5.91 Å². The van der Waals surface area contributed by atoms with Crippen molar-refractivity contribution >= 4 is 21.6 Å². The predicted octanol–water partition coefficient (Wildman–Crippen LogP) is 0.694. The van der Waals surface area contributed by atoms with Crippen molar-refractivity contribution in [3.05, 3.63) is 12.1 Å². The zero-order valence-electron chi connectivity index (χ0n) is 14.3. The maximum atomic E-state index is 12.8. The molecule has 1 aromatic carbocycles. The number of nitrogens with one attached hydrogen (secondary N) is 3. The van der Waals surface area contributed by atoms with Gasteiger partial charge in [-0.25, -0.2) is 13.1 Å². The molecule has 2 aliphatic heterocycles. The van der Waals surface area contributed by atoms with Crippen molar-refractivity contribution in [3.8, 4) is 11.5 Å². The second-order valence-corrected chi connectivity index (χ2v) is 8.49. The van der Waals surface area contributed by atoms with Crippen molar-refractivity contribution in [1.29, 1.82) is 0 Å². The first-order valence-electron chi connectivity index (χ1n) is 8.18. The summed E-state index contributed by atoms with van der Waals surface area (Å²) >= 11 is 0. The molecule has 3 N–H and O–H groups in total. The Hall–Kier alpha value is -1.84. The van der Waals surface area contributed by atoms with E-state index in [1.165, 1.54) is 19.2 Å². The summed E-state index contributed by atoms with van der Waals surface area (Å²) in [4.78, 5) is 11.4. The molecule has 1 aromatic rings. The molecule has 0 saturated carbocycles. The highest BCUT2D eigenvalue weighted by Gasteiger charge is 2.31. The summed E-state index contributed by atoms with van der Waals surface area (Å²) in [5.41, 5.74) is 0.271. The van der Waals surface area contributed by atoms with E-state index in [-0.39, 0.29) is 28.6 Å². The van der Waals surface area contributed by atoms with E-state index in [0.29, 0.717) is 18.0 Å². The number of carbonyl (C=O) groups is 1. The molecule has 25 heavy (non-hydrogen) atoms. The number of sulfonamides is 1. The minimum absolute atomic E-state index is 0.00253. The van der Waals surface area contributed by atoms with Gasteiger partial charge in [0.1, 0.15) is 16.4 Å². The summed E-state index contributed by atoms with van der Waals surface area (Å²) in [6.07, 6.45) is 1.98. The van der Waals surface area contributed by atoms with E-state index in [2.05, 4.69) is 22.3 Å². The van der Waals surface area contributed by atoms with Gasteiger partial charge in [-0.2, -0.15) is 0 Å². The molecule has 0 aromatic heterocycles. The molecular formula is C16H23N3O5S. The van der Waals surface area contributed by atoms with Crippen LogP contribution < -0.4 is 24.8 Å². The molecule has 0 bridgehead atoms. The van der Waals surface area contributed by atoms with E-state index in [9.17, 15) is 13.2 Å². The molecule has 1 atom stereocenters. The van der Waals surface area contributed by atoms with Gasteiger partial charge in [-0.3, -0.25) is 4.79 Å². The van der Waals surface area contributed by atoms with Gasteiger partial charge in [-0.15, -0.1) is 0 Å². The lowest BCUT2D eigenvalue weighted by atomic mass is 9.83. The van der Waals surface area contributed by atoms with Gasteiger partial charge in [0, 0.05) is 25.2 Å². The van der Waals surface area contributed by atoms with Crippen molar-refractivity contribution in [3.63, 3.8) is 0 Å². The normalized spacial score (nSPS) is 23.4. The molecule has 0 aliphatic carbocycles. The number of fused-ring (bicyclic) bond motifs is 1. The number of rotatable bonds is 5. The van der Waals surface area contributed by atoms with Gasteiger partial charge in [0.15, 0.2) is 6.61 Å². The summed E-state index contributed by atoms with van der Waals surface area (Å²) < 4.78 is 38.8. The Bertz CT molecular complexity index is 772. The largest absolute Gasteiger partial charge is 0.495 e. The fourth-order valence-corrected chi connectivity index (χ4v) is 4.44. The zero-order valence-corrected chi connectivity index (χ0v) is 15.2. The Labute approximate surface area is 147 Å². The monoisotopic (exact) mass is 369 g/mol. The quantitative estimate of drug-likeness (QED) is 0.705. The average Bonchev–Trinajstić information content (AvgIpc) is 2.59. The van der Waals surface area contributed by atoms with Crippen molar-refractivity contribution in [1.82, 2.24) is 10.0 Å². The van der Waals surface area contributed by atoms with E-state index in [1.807, 2.05) is 0 Å². The average molecular weight is 369 g/mol. The zero-order chi connectivity index (χ0) is 18.1. The van der Waals surface area contributed by atoms with Crippen LogP contribution in [0.4, 0.5) is 5.69 Å². The first-order chi connectivity index (χ1) is 11.8. The lowest BCUT2D eigenvalue weighted by Gasteiger charge is -2.34. The molecule has 3 rings (SSSR count). The number of amides is 1. The molecular weight excluding hydrogens is 346 g/mol. The second kappa shape index (κ2) is 6.81. The number of anilines is 1. The minimum Gasteiger partial charge on any atom is -0.495 e. The summed E-state index contributed by atoms with van der Waals surface area (Å²) in [6, 6.07) is 2.85. The molecule has 138 valence electrons. The molecule has 1 saturated heterocycles. The third-order valence-electron chi connectivity index (χ3n) is 4.56. The number of methoxy groups -OCH3 is 1. The summed E-state index contributed by atoms with van der Waals surface area (Å²) in [5, 5.41) is 5.93. The Balaban J connectivity index is 1.85. The van der Waals surface area contributed by atoms with Crippen LogP contribution in [0.3, 0.4) is 0 Å². The van der Waals surface area contributed by atoms with Crippen molar-refractivity contribution < 1.29 is 22.7 Å². The topological polar surface area (TPSA) is 106 Å². The molecule has 1 unspecified atom stereocenters. The predicted molar refractivity (Wildman–Crippen MR) is 92.5 cm³/mol. The van der Waals surface area contributed by atoms with Crippen molar-refractivity contribution in [2.24, 2.45) is 5.41 Å². The highest BCUT2D eigenvalue weighted by molar-refractivity contribution is 7.89. The van der Waals surface area contributed by atoms with Crippen molar-refractivity contribution in [2.45, 2.75) is 24.7 Å². The van der Waals surface area contributed by atoms with Gasteiger partial charge >= 0.3 is 0 Å². The first-order valence-corrected chi connectivity index (χ1v) is 9.66. The third kappa shape index (κ3) is 3.88. The fourth-order valence-electron chi connectivity index (χ4n) is 3.07. The van der Waals surface area contributed by atoms with Crippen LogP contribution in [0.1, 0.15) is 19.8 Å². The number of hydrogen-bond donors (Lipinski definition) is 3. The van der Waals surface area contributed by atoms with Crippen LogP contribution >= 0.6 is 0 Å². The maximum absolute atomic E-state index is 12.8. The van der Waals surface area contributed by atoms with Gasteiger partial charge in [0.2, 0.25) is 10.0 Å². The van der Waals surface area contributed by atoms with E-state index >= 15 is 0 Å². The number of carbonyl (C=O) groups excluding carboxylic acids is 1. The van der Waals surface area contributed by atoms with E-state index < -0.39 is 10.0 Å². The van der Waals surface area contributed by atoms with E-state index in [1.54, 1.807) is 0 Å². The Kier molecular flexibility index (Phi) is 4.90. The Morgan fingerprint density at radius 3 is 2.88 bits per heavy atom. The molecule has 2 aliphatic rings. The van der Waals surface area contributed by atoms with Gasteiger partial charge < -0.3 is 20.1 Å². The molecule has 1 amide bonds. The Morgan fingerprint density at radius 2 is 2.20 bits per heavy atom. The van der Waals surface area contributed by atoms with Crippen LogP contribution in [0.5, 0.6) is 11.5 Å². The summed E-state index contributed by atoms with van der Waals surface area (Å²) in [6.45, 7) is 3.98. The summed E-state index contributed by atoms with van der Waals surface area (Å²) in [7, 11) is -2.40. The fraction of sp³-hybridized carbons (Fsp3) is 0.562. The number of hydrogen-bond acceptors (Lipinski definition) is 6. The van der Waals surface area contributed by atoms with Crippen LogP contribution in [0.15, 0.2) is 17.0 Å².